The molecule has 0 radical (unpaired) electrons. The molecule has 22 heavy (non-hydrogen) atoms. The van der Waals surface area contributed by atoms with Crippen molar-refractivity contribution in [1.29, 1.82) is 0 Å². The molecule has 0 aliphatic carbocycles. The van der Waals surface area contributed by atoms with Gasteiger partial charge in [-0.1, -0.05) is 29.8 Å². The van der Waals surface area contributed by atoms with Crippen LogP contribution < -0.4 is 4.90 Å². The van der Waals surface area contributed by atoms with Crippen LogP contribution in [-0.4, -0.2) is 47.3 Å². The summed E-state index contributed by atoms with van der Waals surface area (Å²) in [7, 11) is 0. The van der Waals surface area contributed by atoms with Crippen LogP contribution >= 0.6 is 0 Å². The Morgan fingerprint density at radius 3 is 2.50 bits per heavy atom. The Morgan fingerprint density at radius 2 is 1.86 bits per heavy atom. The zero-order chi connectivity index (χ0) is 15.5. The van der Waals surface area contributed by atoms with E-state index in [9.17, 15) is 9.90 Å². The summed E-state index contributed by atoms with van der Waals surface area (Å²) in [6.45, 7) is 4.63. The van der Waals surface area contributed by atoms with Gasteiger partial charge in [0.25, 0.3) is 0 Å². The lowest BCUT2D eigenvalue weighted by molar-refractivity contribution is 0.0690. The van der Waals surface area contributed by atoms with E-state index in [4.69, 9.17) is 4.74 Å². The molecule has 1 aliphatic heterocycles. The number of hydrogen-bond acceptors (Lipinski definition) is 5. The minimum Gasteiger partial charge on any atom is -0.477 e. The van der Waals surface area contributed by atoms with Crippen LogP contribution in [0.4, 0.5) is 5.82 Å². The first kappa shape index (κ1) is 14.5. The summed E-state index contributed by atoms with van der Waals surface area (Å²) in [5, 5.41) is 9.29. The number of benzene rings is 1. The Balaban J connectivity index is 2.03. The maximum absolute atomic E-state index is 11.3. The SMILES string of the molecule is Cc1ccc(-c2nc(C(=O)O)cc(N3CCOCC3)n2)cc1. The number of carboxylic acid groups (broad SMARTS) is 1. The number of morpholine rings is 1. The molecule has 1 fully saturated rings. The van der Waals surface area contributed by atoms with E-state index in [0.717, 1.165) is 11.1 Å². The number of hydrogen-bond donors (Lipinski definition) is 1. The van der Waals surface area contributed by atoms with Crippen molar-refractivity contribution in [2.75, 3.05) is 31.2 Å². The van der Waals surface area contributed by atoms with Crippen molar-refractivity contribution >= 4 is 11.8 Å². The molecule has 1 saturated heterocycles. The van der Waals surface area contributed by atoms with Crippen molar-refractivity contribution in [3.8, 4) is 11.4 Å². The van der Waals surface area contributed by atoms with Gasteiger partial charge in [0.1, 0.15) is 5.82 Å². The number of ether oxygens (including phenoxy) is 1. The van der Waals surface area contributed by atoms with E-state index in [0.29, 0.717) is 37.9 Å². The second-order valence-electron chi connectivity index (χ2n) is 5.21. The number of anilines is 1. The van der Waals surface area contributed by atoms with Crippen LogP contribution in [0, 0.1) is 6.92 Å². The molecule has 0 saturated carbocycles. The monoisotopic (exact) mass is 299 g/mol. The van der Waals surface area contributed by atoms with E-state index in [1.807, 2.05) is 36.1 Å². The lowest BCUT2D eigenvalue weighted by Gasteiger charge is -2.28. The number of nitrogens with zero attached hydrogens (tertiary/aromatic N) is 3. The van der Waals surface area contributed by atoms with Gasteiger partial charge in [0, 0.05) is 24.7 Å². The largest absolute Gasteiger partial charge is 0.477 e. The van der Waals surface area contributed by atoms with Gasteiger partial charge in [-0.05, 0) is 6.92 Å². The smallest absolute Gasteiger partial charge is 0.354 e. The van der Waals surface area contributed by atoms with Gasteiger partial charge in [0.05, 0.1) is 13.2 Å². The van der Waals surface area contributed by atoms with Crippen molar-refractivity contribution in [3.63, 3.8) is 0 Å². The van der Waals surface area contributed by atoms with Crippen LogP contribution in [-0.2, 0) is 4.74 Å². The minimum absolute atomic E-state index is 0.00654. The molecule has 6 nitrogen and oxygen atoms in total. The molecule has 0 spiro atoms. The summed E-state index contributed by atoms with van der Waals surface area (Å²) >= 11 is 0. The maximum atomic E-state index is 11.3. The van der Waals surface area contributed by atoms with Crippen LogP contribution in [0.3, 0.4) is 0 Å². The molecule has 1 aromatic heterocycles. The summed E-state index contributed by atoms with van der Waals surface area (Å²) in [5.41, 5.74) is 1.95. The Kier molecular flexibility index (Phi) is 4.02. The fourth-order valence-corrected chi connectivity index (χ4v) is 2.33. The molecule has 2 aromatic rings. The molecule has 2 heterocycles. The third-order valence-electron chi connectivity index (χ3n) is 3.58. The van der Waals surface area contributed by atoms with Crippen LogP contribution in [0.1, 0.15) is 16.1 Å². The van der Waals surface area contributed by atoms with E-state index in [1.165, 1.54) is 6.07 Å². The second-order valence-corrected chi connectivity index (χ2v) is 5.21. The molecule has 0 amide bonds. The molecule has 1 aromatic carbocycles. The number of carboxylic acids is 1. The van der Waals surface area contributed by atoms with Gasteiger partial charge >= 0.3 is 5.97 Å². The van der Waals surface area contributed by atoms with Gasteiger partial charge in [-0.2, -0.15) is 0 Å². The van der Waals surface area contributed by atoms with E-state index >= 15 is 0 Å². The molecule has 3 rings (SSSR count). The molecule has 1 N–H and O–H groups in total. The van der Waals surface area contributed by atoms with E-state index in [-0.39, 0.29) is 5.69 Å². The van der Waals surface area contributed by atoms with Gasteiger partial charge in [0.15, 0.2) is 11.5 Å². The standard InChI is InChI=1S/C16H17N3O3/c1-11-2-4-12(5-3-11)15-17-13(16(20)21)10-14(18-15)19-6-8-22-9-7-19/h2-5,10H,6-9H2,1H3,(H,20,21). The third-order valence-corrected chi connectivity index (χ3v) is 3.58. The molecule has 0 unspecified atom stereocenters. The molecular formula is C16H17N3O3. The number of aromatic carboxylic acids is 1. The van der Waals surface area contributed by atoms with Gasteiger partial charge in [0.2, 0.25) is 0 Å². The second kappa shape index (κ2) is 6.11. The molecule has 0 atom stereocenters. The fourth-order valence-electron chi connectivity index (χ4n) is 2.33. The highest BCUT2D eigenvalue weighted by atomic mass is 16.5. The minimum atomic E-state index is -1.05. The zero-order valence-corrected chi connectivity index (χ0v) is 12.3. The molecule has 114 valence electrons. The number of rotatable bonds is 3. The van der Waals surface area contributed by atoms with Crippen molar-refractivity contribution < 1.29 is 14.6 Å². The highest BCUT2D eigenvalue weighted by molar-refractivity contribution is 5.87. The van der Waals surface area contributed by atoms with Gasteiger partial charge in [-0.15, -0.1) is 0 Å². The normalized spacial score (nSPS) is 14.9. The van der Waals surface area contributed by atoms with Crippen molar-refractivity contribution in [1.82, 2.24) is 9.97 Å². The first-order valence-electron chi connectivity index (χ1n) is 7.15. The van der Waals surface area contributed by atoms with E-state index in [2.05, 4.69) is 9.97 Å². The summed E-state index contributed by atoms with van der Waals surface area (Å²) < 4.78 is 5.33. The molecule has 1 aliphatic rings. The van der Waals surface area contributed by atoms with E-state index < -0.39 is 5.97 Å². The van der Waals surface area contributed by atoms with Crippen molar-refractivity contribution in [2.24, 2.45) is 0 Å². The zero-order valence-electron chi connectivity index (χ0n) is 12.3. The molecule has 0 bridgehead atoms. The molecule has 6 heteroatoms. The summed E-state index contributed by atoms with van der Waals surface area (Å²) in [5.74, 6) is 0.0120. The lowest BCUT2D eigenvalue weighted by Crippen LogP contribution is -2.37. The lowest BCUT2D eigenvalue weighted by atomic mass is 10.1. The highest BCUT2D eigenvalue weighted by Gasteiger charge is 2.17. The Hall–Kier alpha value is -2.47. The van der Waals surface area contributed by atoms with Crippen LogP contribution in [0.25, 0.3) is 11.4 Å². The summed E-state index contributed by atoms with van der Waals surface area (Å²) in [6.07, 6.45) is 0. The average molecular weight is 299 g/mol. The Morgan fingerprint density at radius 1 is 1.18 bits per heavy atom. The van der Waals surface area contributed by atoms with Gasteiger partial charge in [-0.3, -0.25) is 0 Å². The average Bonchev–Trinajstić information content (AvgIpc) is 2.56. The summed E-state index contributed by atoms with van der Waals surface area (Å²) in [6, 6.07) is 9.24. The van der Waals surface area contributed by atoms with Crippen LogP contribution in [0.2, 0.25) is 0 Å². The third kappa shape index (κ3) is 3.07. The first-order valence-corrected chi connectivity index (χ1v) is 7.15. The number of carbonyl (C=O) groups is 1. The van der Waals surface area contributed by atoms with Crippen LogP contribution in [0.5, 0.6) is 0 Å². The Labute approximate surface area is 128 Å². The topological polar surface area (TPSA) is 75.5 Å². The van der Waals surface area contributed by atoms with E-state index in [1.54, 1.807) is 0 Å². The summed E-state index contributed by atoms with van der Waals surface area (Å²) in [4.78, 5) is 22.1. The highest BCUT2D eigenvalue weighted by Crippen LogP contribution is 2.21. The first-order chi connectivity index (χ1) is 10.6. The number of aryl methyl sites for hydroxylation is 1. The quantitative estimate of drug-likeness (QED) is 0.934. The number of aromatic nitrogens is 2. The van der Waals surface area contributed by atoms with Gasteiger partial charge in [-0.25, -0.2) is 14.8 Å². The maximum Gasteiger partial charge on any atom is 0.354 e. The van der Waals surface area contributed by atoms with Crippen molar-refractivity contribution in [2.45, 2.75) is 6.92 Å². The predicted octanol–water partition coefficient (Wildman–Crippen LogP) is 1.99. The fraction of sp³-hybridized carbons (Fsp3) is 0.312. The van der Waals surface area contributed by atoms with Gasteiger partial charge < -0.3 is 14.7 Å². The van der Waals surface area contributed by atoms with Crippen molar-refractivity contribution in [3.05, 3.63) is 41.6 Å². The Bertz CT molecular complexity index is 680. The van der Waals surface area contributed by atoms with Crippen LogP contribution in [0.15, 0.2) is 30.3 Å². The predicted molar refractivity (Wildman–Crippen MR) is 82.2 cm³/mol. The molecular weight excluding hydrogens is 282 g/mol.